The average molecular weight is 318 g/mol. The Labute approximate surface area is 128 Å². The van der Waals surface area contributed by atoms with Crippen molar-refractivity contribution in [2.24, 2.45) is 0 Å². The van der Waals surface area contributed by atoms with E-state index >= 15 is 0 Å². The predicted molar refractivity (Wildman–Crippen MR) is 83.4 cm³/mol. The van der Waals surface area contributed by atoms with Crippen molar-refractivity contribution in [3.8, 4) is 0 Å². The molecule has 2 rings (SSSR count). The SMILES string of the molecule is O=C(O)CC1CSCCN1C(=O)CSC1CCNCC1. The molecule has 20 heavy (non-hydrogen) atoms. The van der Waals surface area contributed by atoms with E-state index in [2.05, 4.69) is 5.32 Å². The lowest BCUT2D eigenvalue weighted by atomic mass is 10.2. The number of nitrogens with zero attached hydrogens (tertiary/aromatic N) is 1. The van der Waals surface area contributed by atoms with Gasteiger partial charge in [-0.15, -0.1) is 11.8 Å². The van der Waals surface area contributed by atoms with E-state index in [1.807, 2.05) is 0 Å². The minimum Gasteiger partial charge on any atom is -0.481 e. The fourth-order valence-corrected chi connectivity index (χ4v) is 4.76. The van der Waals surface area contributed by atoms with Crippen molar-refractivity contribution in [3.05, 3.63) is 0 Å². The normalized spacial score (nSPS) is 24.6. The highest BCUT2D eigenvalue weighted by molar-refractivity contribution is 8.00. The van der Waals surface area contributed by atoms with E-state index < -0.39 is 5.97 Å². The minimum absolute atomic E-state index is 0.0662. The number of carbonyl (C=O) groups is 2. The largest absolute Gasteiger partial charge is 0.481 e. The van der Waals surface area contributed by atoms with Crippen LogP contribution in [0.25, 0.3) is 0 Å². The number of hydrogen-bond acceptors (Lipinski definition) is 5. The molecule has 7 heteroatoms. The molecule has 0 saturated carbocycles. The maximum atomic E-state index is 12.3. The Bertz CT molecular complexity index is 349. The second-order valence-corrected chi connectivity index (χ2v) is 7.61. The first-order chi connectivity index (χ1) is 9.66. The van der Waals surface area contributed by atoms with Crippen LogP contribution in [0, 0.1) is 0 Å². The topological polar surface area (TPSA) is 69.6 Å². The van der Waals surface area contributed by atoms with Gasteiger partial charge >= 0.3 is 5.97 Å². The van der Waals surface area contributed by atoms with Gasteiger partial charge in [0.2, 0.25) is 5.91 Å². The van der Waals surface area contributed by atoms with Gasteiger partial charge in [0, 0.05) is 23.3 Å². The molecule has 2 aliphatic heterocycles. The van der Waals surface area contributed by atoms with Crippen LogP contribution >= 0.6 is 23.5 Å². The third-order valence-corrected chi connectivity index (χ3v) is 6.13. The number of carboxylic acids is 1. The summed E-state index contributed by atoms with van der Waals surface area (Å²) in [5, 5.41) is 12.8. The van der Waals surface area contributed by atoms with Crippen LogP contribution in [-0.4, -0.2) is 70.1 Å². The minimum atomic E-state index is -0.818. The molecular weight excluding hydrogens is 296 g/mol. The van der Waals surface area contributed by atoms with Crippen LogP contribution in [0.5, 0.6) is 0 Å². The van der Waals surface area contributed by atoms with E-state index in [0.717, 1.165) is 37.4 Å². The van der Waals surface area contributed by atoms with E-state index in [1.165, 1.54) is 0 Å². The average Bonchev–Trinajstić information content (AvgIpc) is 2.46. The van der Waals surface area contributed by atoms with E-state index in [0.29, 0.717) is 17.5 Å². The lowest BCUT2D eigenvalue weighted by Crippen LogP contribution is -2.48. The van der Waals surface area contributed by atoms with Gasteiger partial charge in [-0.25, -0.2) is 0 Å². The lowest BCUT2D eigenvalue weighted by molar-refractivity contribution is -0.139. The van der Waals surface area contributed by atoms with Crippen LogP contribution in [0.1, 0.15) is 19.3 Å². The molecule has 0 aromatic heterocycles. The summed E-state index contributed by atoms with van der Waals surface area (Å²) in [6, 6.07) is -0.132. The molecule has 2 fully saturated rings. The molecule has 0 radical (unpaired) electrons. The van der Waals surface area contributed by atoms with Gasteiger partial charge in [-0.2, -0.15) is 11.8 Å². The summed E-state index contributed by atoms with van der Waals surface area (Å²) in [6.07, 6.45) is 2.30. The highest BCUT2D eigenvalue weighted by atomic mass is 32.2. The predicted octanol–water partition coefficient (Wildman–Crippen LogP) is 0.890. The van der Waals surface area contributed by atoms with Crippen molar-refractivity contribution in [3.63, 3.8) is 0 Å². The maximum Gasteiger partial charge on any atom is 0.305 e. The van der Waals surface area contributed by atoms with E-state index in [-0.39, 0.29) is 18.4 Å². The molecule has 1 unspecified atom stereocenters. The number of piperidine rings is 1. The second-order valence-electron chi connectivity index (χ2n) is 5.17. The van der Waals surface area contributed by atoms with Crippen molar-refractivity contribution in [2.45, 2.75) is 30.6 Å². The fourth-order valence-electron chi connectivity index (χ4n) is 2.59. The quantitative estimate of drug-likeness (QED) is 0.785. The summed E-state index contributed by atoms with van der Waals surface area (Å²) in [5.41, 5.74) is 0. The number of aliphatic carboxylic acids is 1. The van der Waals surface area contributed by atoms with Crippen LogP contribution in [0.2, 0.25) is 0 Å². The number of amides is 1. The highest BCUT2D eigenvalue weighted by Crippen LogP contribution is 2.23. The summed E-state index contributed by atoms with van der Waals surface area (Å²) >= 11 is 3.47. The number of rotatable bonds is 5. The summed E-state index contributed by atoms with van der Waals surface area (Å²) < 4.78 is 0. The summed E-state index contributed by atoms with van der Waals surface area (Å²) in [4.78, 5) is 25.0. The van der Waals surface area contributed by atoms with Crippen LogP contribution < -0.4 is 5.32 Å². The number of nitrogens with one attached hydrogen (secondary N) is 1. The van der Waals surface area contributed by atoms with Crippen molar-refractivity contribution in [1.29, 1.82) is 0 Å². The molecule has 0 spiro atoms. The van der Waals surface area contributed by atoms with Gasteiger partial charge in [0.1, 0.15) is 0 Å². The molecule has 1 atom stereocenters. The van der Waals surface area contributed by atoms with Gasteiger partial charge in [0.05, 0.1) is 18.2 Å². The molecular formula is C13H22N2O3S2. The molecule has 5 nitrogen and oxygen atoms in total. The van der Waals surface area contributed by atoms with Crippen LogP contribution in [0.4, 0.5) is 0 Å². The first-order valence-corrected chi connectivity index (χ1v) is 9.28. The first-order valence-electron chi connectivity index (χ1n) is 7.08. The van der Waals surface area contributed by atoms with Gasteiger partial charge in [0.15, 0.2) is 0 Å². The Morgan fingerprint density at radius 2 is 2.10 bits per heavy atom. The van der Waals surface area contributed by atoms with Gasteiger partial charge in [0.25, 0.3) is 0 Å². The smallest absolute Gasteiger partial charge is 0.305 e. The van der Waals surface area contributed by atoms with Crippen molar-refractivity contribution >= 4 is 35.4 Å². The Hall–Kier alpha value is -0.400. The third kappa shape index (κ3) is 4.86. The van der Waals surface area contributed by atoms with Crippen LogP contribution in [0.15, 0.2) is 0 Å². The zero-order valence-corrected chi connectivity index (χ0v) is 13.2. The molecule has 2 heterocycles. The first kappa shape index (κ1) is 16.0. The zero-order valence-electron chi connectivity index (χ0n) is 11.5. The standard InChI is InChI=1S/C13H22N2O3S2/c16-12(9-20-11-1-3-14-4-2-11)15-5-6-19-8-10(15)7-13(17)18/h10-11,14H,1-9H2,(H,17,18). The Morgan fingerprint density at radius 3 is 2.80 bits per heavy atom. The third-order valence-electron chi connectivity index (χ3n) is 3.69. The Kier molecular flexibility index (Phi) is 6.51. The Morgan fingerprint density at radius 1 is 1.35 bits per heavy atom. The number of carboxylic acid groups (broad SMARTS) is 1. The molecule has 0 aromatic rings. The van der Waals surface area contributed by atoms with Gasteiger partial charge in [-0.05, 0) is 25.9 Å². The molecule has 2 N–H and O–H groups in total. The number of hydrogen-bond donors (Lipinski definition) is 2. The zero-order chi connectivity index (χ0) is 14.4. The van der Waals surface area contributed by atoms with Gasteiger partial charge < -0.3 is 15.3 Å². The molecule has 0 aromatic carbocycles. The number of thioether (sulfide) groups is 2. The highest BCUT2D eigenvalue weighted by Gasteiger charge is 2.29. The van der Waals surface area contributed by atoms with Crippen LogP contribution in [0.3, 0.4) is 0 Å². The van der Waals surface area contributed by atoms with Gasteiger partial charge in [-0.3, -0.25) is 9.59 Å². The summed E-state index contributed by atoms with van der Waals surface area (Å²) in [6.45, 7) is 2.76. The van der Waals surface area contributed by atoms with Crippen LogP contribution in [-0.2, 0) is 9.59 Å². The lowest BCUT2D eigenvalue weighted by Gasteiger charge is -2.35. The molecule has 0 bridgehead atoms. The van der Waals surface area contributed by atoms with Crippen molar-refractivity contribution in [1.82, 2.24) is 10.2 Å². The van der Waals surface area contributed by atoms with Crippen molar-refractivity contribution in [2.75, 3.05) is 36.9 Å². The maximum absolute atomic E-state index is 12.3. The Balaban J connectivity index is 1.80. The van der Waals surface area contributed by atoms with E-state index in [4.69, 9.17) is 5.11 Å². The van der Waals surface area contributed by atoms with E-state index in [9.17, 15) is 9.59 Å². The van der Waals surface area contributed by atoms with Gasteiger partial charge in [-0.1, -0.05) is 0 Å². The fraction of sp³-hybridized carbons (Fsp3) is 0.846. The molecule has 1 amide bonds. The molecule has 2 aliphatic rings. The van der Waals surface area contributed by atoms with Crippen molar-refractivity contribution < 1.29 is 14.7 Å². The molecule has 0 aliphatic carbocycles. The molecule has 2 saturated heterocycles. The van der Waals surface area contributed by atoms with E-state index in [1.54, 1.807) is 28.4 Å². The summed E-state index contributed by atoms with van der Waals surface area (Å²) in [7, 11) is 0. The second kappa shape index (κ2) is 8.14. The monoisotopic (exact) mass is 318 g/mol. The summed E-state index contributed by atoms with van der Waals surface area (Å²) in [5.74, 6) is 1.45. The number of carbonyl (C=O) groups excluding carboxylic acids is 1. The molecule has 114 valence electrons.